The van der Waals surface area contributed by atoms with Gasteiger partial charge in [-0.1, -0.05) is 91.4 Å². The third kappa shape index (κ3) is 18.3. The van der Waals surface area contributed by atoms with Gasteiger partial charge < -0.3 is 4.90 Å². The van der Waals surface area contributed by atoms with E-state index in [0.29, 0.717) is 0 Å². The van der Waals surface area contributed by atoms with Crippen molar-refractivity contribution in [1.82, 2.24) is 4.90 Å². The summed E-state index contributed by atoms with van der Waals surface area (Å²) in [5.74, 6) is 0. The van der Waals surface area contributed by atoms with Crippen molar-refractivity contribution in [2.75, 3.05) is 19.6 Å². The minimum Gasteiger partial charge on any atom is -0.303 e. The minimum atomic E-state index is 0. The fourth-order valence-electron chi connectivity index (χ4n) is 2.92. The van der Waals surface area contributed by atoms with Crippen LogP contribution in [0.3, 0.4) is 0 Å². The van der Waals surface area contributed by atoms with Gasteiger partial charge in [0, 0.05) is 0 Å². The van der Waals surface area contributed by atoms with Crippen molar-refractivity contribution in [2.24, 2.45) is 0 Å². The van der Waals surface area contributed by atoms with Crippen molar-refractivity contribution in [3.05, 3.63) is 0 Å². The highest BCUT2D eigenvalue weighted by Gasteiger charge is 2.03. The number of hydrogen-bond acceptors (Lipinski definition) is 1. The molecule has 0 bridgehead atoms. The molecule has 0 aliphatic rings. The summed E-state index contributed by atoms with van der Waals surface area (Å²) in [6.07, 6.45) is 19.9. The first-order chi connectivity index (χ1) is 10.3. The summed E-state index contributed by atoms with van der Waals surface area (Å²) >= 11 is 0. The van der Waals surface area contributed by atoms with Crippen LogP contribution in [-0.4, -0.2) is 24.5 Å². The van der Waals surface area contributed by atoms with Crippen molar-refractivity contribution < 1.29 is 0 Å². The van der Waals surface area contributed by atoms with Gasteiger partial charge in [0.2, 0.25) is 0 Å². The SMILES string of the molecule is CCCCCCCCCCCCN(CCCC)CCCC.Cl. The molecule has 0 spiro atoms. The molecule has 0 heterocycles. The van der Waals surface area contributed by atoms with Crippen LogP contribution in [-0.2, 0) is 0 Å². The van der Waals surface area contributed by atoms with E-state index in [9.17, 15) is 0 Å². The molecular weight excluding hydrogens is 290 g/mol. The van der Waals surface area contributed by atoms with Crippen LogP contribution < -0.4 is 0 Å². The Hall–Kier alpha value is 0.250. The van der Waals surface area contributed by atoms with Gasteiger partial charge in [0.15, 0.2) is 0 Å². The summed E-state index contributed by atoms with van der Waals surface area (Å²) in [7, 11) is 0. The monoisotopic (exact) mass is 333 g/mol. The first-order valence-electron chi connectivity index (χ1n) is 10.1. The molecule has 0 N–H and O–H groups in total. The highest BCUT2D eigenvalue weighted by molar-refractivity contribution is 5.85. The quantitative estimate of drug-likeness (QED) is 0.254. The maximum atomic E-state index is 2.71. The van der Waals surface area contributed by atoms with Crippen molar-refractivity contribution in [1.29, 1.82) is 0 Å². The van der Waals surface area contributed by atoms with E-state index in [1.54, 1.807) is 0 Å². The second-order valence-corrected chi connectivity index (χ2v) is 6.73. The lowest BCUT2D eigenvalue weighted by Crippen LogP contribution is -2.27. The first-order valence-corrected chi connectivity index (χ1v) is 10.1. The Balaban J connectivity index is 0. The molecule has 0 rings (SSSR count). The Morgan fingerprint density at radius 1 is 0.409 bits per heavy atom. The van der Waals surface area contributed by atoms with Gasteiger partial charge in [0.25, 0.3) is 0 Å². The van der Waals surface area contributed by atoms with Crippen molar-refractivity contribution in [3.8, 4) is 0 Å². The number of hydrogen-bond donors (Lipinski definition) is 0. The molecule has 0 saturated carbocycles. The molecule has 0 atom stereocenters. The number of unbranched alkanes of at least 4 members (excludes halogenated alkanes) is 11. The lowest BCUT2D eigenvalue weighted by Gasteiger charge is -2.21. The molecule has 0 aliphatic carbocycles. The fourth-order valence-corrected chi connectivity index (χ4v) is 2.92. The summed E-state index contributed by atoms with van der Waals surface area (Å²) < 4.78 is 0. The van der Waals surface area contributed by atoms with Crippen molar-refractivity contribution in [3.63, 3.8) is 0 Å². The average molecular weight is 334 g/mol. The minimum absolute atomic E-state index is 0. The summed E-state index contributed by atoms with van der Waals surface area (Å²) in [6, 6.07) is 0. The van der Waals surface area contributed by atoms with Crippen LogP contribution in [0.1, 0.15) is 111 Å². The van der Waals surface area contributed by atoms with Crippen LogP contribution in [0.15, 0.2) is 0 Å². The van der Waals surface area contributed by atoms with Crippen LogP contribution in [0.4, 0.5) is 0 Å². The molecule has 0 unspecified atom stereocenters. The molecule has 0 amide bonds. The Morgan fingerprint density at radius 3 is 1.14 bits per heavy atom. The van der Waals surface area contributed by atoms with Gasteiger partial charge in [-0.25, -0.2) is 0 Å². The second kappa shape index (κ2) is 21.2. The van der Waals surface area contributed by atoms with E-state index in [1.165, 1.54) is 110 Å². The molecule has 0 saturated heterocycles. The van der Waals surface area contributed by atoms with E-state index in [1.807, 2.05) is 0 Å². The standard InChI is InChI=1S/C20H43N.ClH/c1-4-7-10-11-12-13-14-15-16-17-20-21(18-8-5-2)19-9-6-3;/h4-20H2,1-3H3;1H. The molecule has 0 aromatic carbocycles. The third-order valence-corrected chi connectivity index (χ3v) is 4.48. The van der Waals surface area contributed by atoms with E-state index in [2.05, 4.69) is 25.7 Å². The Kier molecular flexibility index (Phi) is 23.7. The molecule has 0 aromatic rings. The first kappa shape index (κ1) is 24.5. The largest absolute Gasteiger partial charge is 0.303 e. The van der Waals surface area contributed by atoms with Crippen LogP contribution in [0, 0.1) is 0 Å². The fraction of sp³-hybridized carbons (Fsp3) is 1.00. The smallest absolute Gasteiger partial charge is 0.00187 e. The third-order valence-electron chi connectivity index (χ3n) is 4.48. The Labute approximate surface area is 148 Å². The van der Waals surface area contributed by atoms with Crippen LogP contribution in [0.5, 0.6) is 0 Å². The second-order valence-electron chi connectivity index (χ2n) is 6.73. The van der Waals surface area contributed by atoms with Gasteiger partial charge >= 0.3 is 0 Å². The lowest BCUT2D eigenvalue weighted by atomic mass is 10.1. The molecule has 136 valence electrons. The highest BCUT2D eigenvalue weighted by atomic mass is 35.5. The zero-order chi connectivity index (χ0) is 15.6. The van der Waals surface area contributed by atoms with Crippen LogP contribution in [0.25, 0.3) is 0 Å². The predicted octanol–water partition coefficient (Wildman–Crippen LogP) is 7.23. The van der Waals surface area contributed by atoms with Crippen molar-refractivity contribution >= 4 is 12.4 Å². The maximum absolute atomic E-state index is 2.71. The van der Waals surface area contributed by atoms with Gasteiger partial charge in [-0.05, 0) is 38.9 Å². The van der Waals surface area contributed by atoms with Gasteiger partial charge in [0.05, 0.1) is 0 Å². The summed E-state index contributed by atoms with van der Waals surface area (Å²) in [5, 5.41) is 0. The number of nitrogens with zero attached hydrogens (tertiary/aromatic N) is 1. The molecule has 2 heteroatoms. The molecule has 0 radical (unpaired) electrons. The molecule has 0 fully saturated rings. The molecule has 1 nitrogen and oxygen atoms in total. The summed E-state index contributed by atoms with van der Waals surface area (Å²) in [5.41, 5.74) is 0. The zero-order valence-corrected chi connectivity index (χ0v) is 16.7. The summed E-state index contributed by atoms with van der Waals surface area (Å²) in [4.78, 5) is 2.71. The highest BCUT2D eigenvalue weighted by Crippen LogP contribution is 2.11. The average Bonchev–Trinajstić information content (AvgIpc) is 2.51. The summed E-state index contributed by atoms with van der Waals surface area (Å²) in [6.45, 7) is 10.9. The molecule has 0 aliphatic heterocycles. The van der Waals surface area contributed by atoms with Gasteiger partial charge in [-0.2, -0.15) is 0 Å². The topological polar surface area (TPSA) is 3.24 Å². The van der Waals surface area contributed by atoms with Gasteiger partial charge in [0.1, 0.15) is 0 Å². The molecule has 22 heavy (non-hydrogen) atoms. The van der Waals surface area contributed by atoms with Gasteiger partial charge in [-0.15, -0.1) is 12.4 Å². The Morgan fingerprint density at radius 2 is 0.727 bits per heavy atom. The van der Waals surface area contributed by atoms with E-state index < -0.39 is 0 Å². The normalized spacial score (nSPS) is 10.9. The van der Waals surface area contributed by atoms with Crippen molar-refractivity contribution in [2.45, 2.75) is 111 Å². The van der Waals surface area contributed by atoms with Gasteiger partial charge in [-0.3, -0.25) is 0 Å². The lowest BCUT2D eigenvalue weighted by molar-refractivity contribution is 0.259. The number of halogens is 1. The van der Waals surface area contributed by atoms with E-state index in [4.69, 9.17) is 0 Å². The van der Waals surface area contributed by atoms with E-state index in [-0.39, 0.29) is 12.4 Å². The Bertz CT molecular complexity index is 177. The van der Waals surface area contributed by atoms with E-state index >= 15 is 0 Å². The van der Waals surface area contributed by atoms with E-state index in [0.717, 1.165) is 0 Å². The zero-order valence-electron chi connectivity index (χ0n) is 15.9. The molecule has 0 aromatic heterocycles. The maximum Gasteiger partial charge on any atom is -0.00187 e. The molecular formula is C20H44ClN. The predicted molar refractivity (Wildman–Crippen MR) is 105 cm³/mol. The van der Waals surface area contributed by atoms with Crippen LogP contribution >= 0.6 is 12.4 Å². The number of rotatable bonds is 17. The van der Waals surface area contributed by atoms with Crippen LogP contribution in [0.2, 0.25) is 0 Å².